The van der Waals surface area contributed by atoms with Crippen LogP contribution in [-0.4, -0.2) is 36.5 Å². The largest absolute Gasteiger partial charge is 0.357 e. The van der Waals surface area contributed by atoms with Gasteiger partial charge in [0.25, 0.3) is 0 Å². The number of hydrogen-bond acceptors (Lipinski definition) is 4. The van der Waals surface area contributed by atoms with Crippen LogP contribution in [0.25, 0.3) is 0 Å². The smallest absolute Gasteiger partial charge is 0.227 e. The molecule has 0 saturated carbocycles. The lowest BCUT2D eigenvalue weighted by Crippen LogP contribution is -2.38. The average Bonchev–Trinajstić information content (AvgIpc) is 3.36. The number of rotatable bonds is 8. The molecule has 1 aromatic heterocycles. The van der Waals surface area contributed by atoms with Crippen LogP contribution in [0.4, 0.5) is 5.69 Å². The van der Waals surface area contributed by atoms with Crippen LogP contribution in [0.1, 0.15) is 55.8 Å². The monoisotopic (exact) mass is 413 g/mol. The van der Waals surface area contributed by atoms with Gasteiger partial charge in [0, 0.05) is 49.5 Å². The van der Waals surface area contributed by atoms with Crippen molar-refractivity contribution in [2.75, 3.05) is 24.5 Å². The summed E-state index contributed by atoms with van der Waals surface area (Å²) in [4.78, 5) is 23.1. The van der Waals surface area contributed by atoms with E-state index in [2.05, 4.69) is 58.9 Å². The Morgan fingerprint density at radius 1 is 1.28 bits per heavy atom. The van der Waals surface area contributed by atoms with Crippen LogP contribution >= 0.6 is 11.3 Å². The van der Waals surface area contributed by atoms with Crippen molar-refractivity contribution < 1.29 is 4.79 Å². The van der Waals surface area contributed by atoms with Crippen LogP contribution in [0.15, 0.2) is 34.6 Å². The molecule has 1 saturated heterocycles. The summed E-state index contributed by atoms with van der Waals surface area (Å²) in [6.45, 7) is 9.44. The van der Waals surface area contributed by atoms with Gasteiger partial charge in [-0.15, -0.1) is 11.3 Å². The van der Waals surface area contributed by atoms with Crippen molar-refractivity contribution in [1.29, 1.82) is 0 Å². The molecule has 2 N–H and O–H groups in total. The van der Waals surface area contributed by atoms with Gasteiger partial charge in [0.05, 0.1) is 17.2 Å². The zero-order valence-corrected chi connectivity index (χ0v) is 18.4. The zero-order chi connectivity index (χ0) is 20.6. The molecule has 29 heavy (non-hydrogen) atoms. The Labute approximate surface area is 177 Å². The van der Waals surface area contributed by atoms with Gasteiger partial charge in [0.1, 0.15) is 0 Å². The van der Waals surface area contributed by atoms with Crippen LogP contribution in [0.2, 0.25) is 0 Å². The van der Waals surface area contributed by atoms with E-state index in [0.717, 1.165) is 55.4 Å². The highest BCUT2D eigenvalue weighted by Crippen LogP contribution is 2.22. The Balaban J connectivity index is 1.52. The lowest BCUT2D eigenvalue weighted by atomic mass is 10.2. The van der Waals surface area contributed by atoms with E-state index in [-0.39, 0.29) is 5.91 Å². The van der Waals surface area contributed by atoms with E-state index in [1.807, 2.05) is 17.0 Å². The Kier molecular flexibility index (Phi) is 7.63. The molecule has 7 heteroatoms. The average molecular weight is 414 g/mol. The van der Waals surface area contributed by atoms with E-state index in [1.54, 1.807) is 11.3 Å². The van der Waals surface area contributed by atoms with Gasteiger partial charge in [-0.2, -0.15) is 0 Å². The number of hydrogen-bond donors (Lipinski definition) is 2. The molecule has 0 bridgehead atoms. The maximum Gasteiger partial charge on any atom is 0.227 e. The van der Waals surface area contributed by atoms with Gasteiger partial charge in [0.15, 0.2) is 5.96 Å². The normalized spacial score (nSPS) is 14.7. The molecule has 0 aliphatic carbocycles. The summed E-state index contributed by atoms with van der Waals surface area (Å²) in [7, 11) is 0. The fraction of sp³-hybridized carbons (Fsp3) is 0.500. The first-order valence-corrected chi connectivity index (χ1v) is 11.3. The number of carbonyl (C=O) groups is 1. The fourth-order valence-corrected chi connectivity index (χ4v) is 4.10. The number of anilines is 1. The van der Waals surface area contributed by atoms with Crippen molar-refractivity contribution >= 4 is 28.9 Å². The Bertz CT molecular complexity index is 828. The number of amides is 1. The number of guanidine groups is 1. The molecule has 1 amide bonds. The predicted octanol–water partition coefficient (Wildman–Crippen LogP) is 3.69. The van der Waals surface area contributed by atoms with E-state index in [0.29, 0.717) is 18.9 Å². The van der Waals surface area contributed by atoms with Crippen LogP contribution < -0.4 is 15.5 Å². The summed E-state index contributed by atoms with van der Waals surface area (Å²) in [5, 5.41) is 10.0. The van der Waals surface area contributed by atoms with E-state index in [4.69, 9.17) is 0 Å². The Morgan fingerprint density at radius 3 is 2.69 bits per heavy atom. The highest BCUT2D eigenvalue weighted by molar-refractivity contribution is 7.09. The summed E-state index contributed by atoms with van der Waals surface area (Å²) in [5.74, 6) is 1.51. The summed E-state index contributed by atoms with van der Waals surface area (Å²) in [6.07, 6.45) is 2.48. The Hall–Kier alpha value is -2.41. The Morgan fingerprint density at radius 2 is 2.07 bits per heavy atom. The molecule has 1 aromatic carbocycles. The van der Waals surface area contributed by atoms with Gasteiger partial charge in [-0.1, -0.05) is 26.0 Å². The molecule has 1 aliphatic heterocycles. The van der Waals surface area contributed by atoms with Gasteiger partial charge in [-0.3, -0.25) is 4.79 Å². The van der Waals surface area contributed by atoms with Crippen LogP contribution in [0.3, 0.4) is 0 Å². The number of aliphatic imine (C=N–C) groups is 1. The van der Waals surface area contributed by atoms with Crippen molar-refractivity contribution in [2.24, 2.45) is 4.99 Å². The highest BCUT2D eigenvalue weighted by atomic mass is 32.1. The molecular formula is C22H31N5OS. The van der Waals surface area contributed by atoms with Gasteiger partial charge < -0.3 is 15.5 Å². The number of nitrogens with zero attached hydrogens (tertiary/aromatic N) is 3. The second kappa shape index (κ2) is 10.4. The molecule has 0 unspecified atom stereocenters. The summed E-state index contributed by atoms with van der Waals surface area (Å²) in [6, 6.07) is 8.14. The lowest BCUT2D eigenvalue weighted by molar-refractivity contribution is -0.117. The molecule has 1 fully saturated rings. The van der Waals surface area contributed by atoms with Gasteiger partial charge >= 0.3 is 0 Å². The number of nitrogens with one attached hydrogen (secondary N) is 2. The minimum Gasteiger partial charge on any atom is -0.357 e. The molecule has 3 rings (SSSR count). The van der Waals surface area contributed by atoms with E-state index < -0.39 is 0 Å². The third-order valence-corrected chi connectivity index (χ3v) is 6.02. The van der Waals surface area contributed by atoms with Crippen molar-refractivity contribution in [2.45, 2.75) is 52.5 Å². The SMILES string of the molecule is CCNC(=NCc1ccc(N2CCCC2=O)cc1)NCCc1csc(C(C)C)n1. The van der Waals surface area contributed by atoms with Crippen molar-refractivity contribution in [1.82, 2.24) is 15.6 Å². The second-order valence-corrected chi connectivity index (χ2v) is 8.41. The number of thiazole rings is 1. The van der Waals surface area contributed by atoms with Crippen molar-refractivity contribution in [3.63, 3.8) is 0 Å². The third-order valence-electron chi connectivity index (χ3n) is 4.82. The predicted molar refractivity (Wildman–Crippen MR) is 121 cm³/mol. The molecule has 2 aromatic rings. The molecule has 0 spiro atoms. The van der Waals surface area contributed by atoms with E-state index in [9.17, 15) is 4.79 Å². The van der Waals surface area contributed by atoms with E-state index in [1.165, 1.54) is 5.01 Å². The maximum atomic E-state index is 11.9. The molecule has 2 heterocycles. The first-order chi connectivity index (χ1) is 14.1. The first kappa shape index (κ1) is 21.3. The number of carbonyl (C=O) groups excluding carboxylic acids is 1. The van der Waals surface area contributed by atoms with Gasteiger partial charge in [0.2, 0.25) is 5.91 Å². The van der Waals surface area contributed by atoms with Crippen LogP contribution in [0, 0.1) is 0 Å². The molecule has 0 atom stereocenters. The van der Waals surface area contributed by atoms with Crippen LogP contribution in [0.5, 0.6) is 0 Å². The standard InChI is InChI=1S/C22H31N5OS/c1-4-23-22(24-12-11-18-15-29-21(26-18)16(2)3)25-14-17-7-9-19(10-8-17)27-13-5-6-20(27)28/h7-10,15-16H,4-6,11-14H2,1-3H3,(H2,23,24,25). The number of aromatic nitrogens is 1. The summed E-state index contributed by atoms with van der Waals surface area (Å²) >= 11 is 1.74. The first-order valence-electron chi connectivity index (χ1n) is 10.4. The molecule has 1 aliphatic rings. The zero-order valence-electron chi connectivity index (χ0n) is 17.6. The summed E-state index contributed by atoms with van der Waals surface area (Å²) < 4.78 is 0. The maximum absolute atomic E-state index is 11.9. The minimum atomic E-state index is 0.218. The third kappa shape index (κ3) is 6.03. The topological polar surface area (TPSA) is 69.6 Å². The molecule has 156 valence electrons. The molecule has 6 nitrogen and oxygen atoms in total. The van der Waals surface area contributed by atoms with Crippen molar-refractivity contribution in [3.05, 3.63) is 45.9 Å². The minimum absolute atomic E-state index is 0.218. The number of benzene rings is 1. The van der Waals surface area contributed by atoms with E-state index >= 15 is 0 Å². The fourth-order valence-electron chi connectivity index (χ4n) is 3.23. The molecule has 0 radical (unpaired) electrons. The van der Waals surface area contributed by atoms with Gasteiger partial charge in [-0.25, -0.2) is 9.98 Å². The summed E-state index contributed by atoms with van der Waals surface area (Å²) in [5.41, 5.74) is 3.24. The second-order valence-electron chi connectivity index (χ2n) is 7.52. The lowest BCUT2D eigenvalue weighted by Gasteiger charge is -2.15. The van der Waals surface area contributed by atoms with Crippen LogP contribution in [-0.2, 0) is 17.8 Å². The highest BCUT2D eigenvalue weighted by Gasteiger charge is 2.21. The molecular weight excluding hydrogens is 382 g/mol. The quantitative estimate of drug-likeness (QED) is 0.511. The van der Waals surface area contributed by atoms with Gasteiger partial charge in [-0.05, 0) is 31.0 Å². The van der Waals surface area contributed by atoms with Crippen molar-refractivity contribution in [3.8, 4) is 0 Å².